The van der Waals surface area contributed by atoms with E-state index in [2.05, 4.69) is 4.98 Å². The molecule has 0 saturated carbocycles. The maximum Gasteiger partial charge on any atom is 0.309 e. The highest BCUT2D eigenvalue weighted by molar-refractivity contribution is 5.99. The van der Waals surface area contributed by atoms with Gasteiger partial charge in [0.25, 0.3) is 0 Å². The Hall–Kier alpha value is -3.49. The Morgan fingerprint density at radius 3 is 2.26 bits per heavy atom. The van der Waals surface area contributed by atoms with Gasteiger partial charge in [-0.2, -0.15) is 0 Å². The number of rotatable bonds is 11. The first-order chi connectivity index (χ1) is 16.5. The highest BCUT2D eigenvalue weighted by Crippen LogP contribution is 2.34. The van der Waals surface area contributed by atoms with Gasteiger partial charge < -0.3 is 18.9 Å². The molecule has 3 atom stereocenters. The number of benzene rings is 1. The Balaban J connectivity index is 2.17. The summed E-state index contributed by atoms with van der Waals surface area (Å²) in [5, 5.41) is 0. The van der Waals surface area contributed by atoms with Gasteiger partial charge in [-0.3, -0.25) is 14.4 Å². The van der Waals surface area contributed by atoms with Gasteiger partial charge in [-0.25, -0.2) is 9.37 Å². The molecule has 0 aliphatic heterocycles. The SMILES string of the molecule is COc1ccc([C@H](C(C)C)[C@H](C)OC(=O)[C@H](C)CC(=O)c2nccc(OC)c2OC(C)=O)c(F)c1. The maximum atomic E-state index is 14.7. The molecule has 0 fully saturated rings. The Bertz CT molecular complexity index is 1070. The minimum atomic E-state index is -0.823. The maximum absolute atomic E-state index is 14.7. The van der Waals surface area contributed by atoms with Crippen LogP contribution in [-0.2, 0) is 14.3 Å². The molecule has 0 aliphatic carbocycles. The second-order valence-electron chi connectivity index (χ2n) is 8.61. The number of carbonyl (C=O) groups excluding carboxylic acids is 3. The third-order valence-electron chi connectivity index (χ3n) is 5.58. The van der Waals surface area contributed by atoms with Crippen LogP contribution in [0.15, 0.2) is 30.5 Å². The molecule has 1 aromatic carbocycles. The normalized spacial score (nSPS) is 13.5. The van der Waals surface area contributed by atoms with E-state index in [4.69, 9.17) is 18.9 Å². The molecule has 0 saturated heterocycles. The van der Waals surface area contributed by atoms with Gasteiger partial charge in [0.2, 0.25) is 5.75 Å². The predicted octanol–water partition coefficient (Wildman–Crippen LogP) is 4.74. The van der Waals surface area contributed by atoms with E-state index in [9.17, 15) is 18.8 Å². The molecular formula is C26H32FNO7. The number of aromatic nitrogens is 1. The predicted molar refractivity (Wildman–Crippen MR) is 126 cm³/mol. The van der Waals surface area contributed by atoms with Crippen LogP contribution in [0.25, 0.3) is 0 Å². The van der Waals surface area contributed by atoms with E-state index in [-0.39, 0.29) is 29.5 Å². The van der Waals surface area contributed by atoms with Crippen LogP contribution in [0.5, 0.6) is 17.2 Å². The molecule has 190 valence electrons. The molecule has 8 nitrogen and oxygen atoms in total. The molecule has 0 aliphatic rings. The van der Waals surface area contributed by atoms with Crippen LogP contribution in [0, 0.1) is 17.7 Å². The van der Waals surface area contributed by atoms with E-state index in [1.165, 1.54) is 39.5 Å². The standard InChI is InChI=1S/C26H32FNO7/c1-14(2)23(19-9-8-18(32-6)13-20(19)27)16(4)34-26(31)15(3)12-21(30)24-25(35-17(5)29)22(33-7)10-11-28-24/h8-11,13-16,23H,12H2,1-7H3/t15-,16+,23-/m1/s1. The van der Waals surface area contributed by atoms with Gasteiger partial charge in [-0.15, -0.1) is 0 Å². The molecule has 2 rings (SSSR count). The summed E-state index contributed by atoms with van der Waals surface area (Å²) in [6, 6.07) is 6.04. The van der Waals surface area contributed by atoms with Crippen molar-refractivity contribution in [3.05, 3.63) is 47.5 Å². The van der Waals surface area contributed by atoms with Crippen LogP contribution in [0.2, 0.25) is 0 Å². The van der Waals surface area contributed by atoms with E-state index in [0.29, 0.717) is 11.3 Å². The fourth-order valence-corrected chi connectivity index (χ4v) is 3.92. The molecule has 0 N–H and O–H groups in total. The number of esters is 2. The topological polar surface area (TPSA) is 101 Å². The Morgan fingerprint density at radius 1 is 1.03 bits per heavy atom. The van der Waals surface area contributed by atoms with Crippen LogP contribution >= 0.6 is 0 Å². The Kier molecular flexibility index (Phi) is 9.74. The van der Waals surface area contributed by atoms with Crippen molar-refractivity contribution < 1.29 is 37.7 Å². The van der Waals surface area contributed by atoms with Crippen LogP contribution in [-0.4, -0.2) is 43.0 Å². The number of ketones is 1. The van der Waals surface area contributed by atoms with Gasteiger partial charge in [0.05, 0.1) is 20.1 Å². The highest BCUT2D eigenvalue weighted by atomic mass is 19.1. The molecule has 0 unspecified atom stereocenters. The van der Waals surface area contributed by atoms with Crippen molar-refractivity contribution in [2.75, 3.05) is 14.2 Å². The fraction of sp³-hybridized carbons (Fsp3) is 0.462. The van der Waals surface area contributed by atoms with Crippen molar-refractivity contribution in [2.45, 2.75) is 53.1 Å². The summed E-state index contributed by atoms with van der Waals surface area (Å²) in [6.07, 6.45) is 0.457. The average Bonchev–Trinajstić information content (AvgIpc) is 2.79. The van der Waals surface area contributed by atoms with E-state index in [0.717, 1.165) is 0 Å². The number of pyridine rings is 1. The monoisotopic (exact) mass is 489 g/mol. The first-order valence-corrected chi connectivity index (χ1v) is 11.3. The first kappa shape index (κ1) is 27.8. The summed E-state index contributed by atoms with van der Waals surface area (Å²) >= 11 is 0. The van der Waals surface area contributed by atoms with Gasteiger partial charge in [0.15, 0.2) is 17.2 Å². The minimum absolute atomic E-state index is 0.0371. The third-order valence-corrected chi connectivity index (χ3v) is 5.58. The number of methoxy groups -OCH3 is 2. The van der Waals surface area contributed by atoms with Crippen molar-refractivity contribution in [2.24, 2.45) is 11.8 Å². The molecule has 1 aromatic heterocycles. The highest BCUT2D eigenvalue weighted by Gasteiger charge is 2.31. The van der Waals surface area contributed by atoms with Crippen molar-refractivity contribution >= 4 is 17.7 Å². The Morgan fingerprint density at radius 2 is 1.71 bits per heavy atom. The molecule has 0 radical (unpaired) electrons. The third kappa shape index (κ3) is 7.00. The Labute approximate surface area is 204 Å². The first-order valence-electron chi connectivity index (χ1n) is 11.3. The van der Waals surface area contributed by atoms with E-state index < -0.39 is 41.5 Å². The summed E-state index contributed by atoms with van der Waals surface area (Å²) in [6.45, 7) is 8.27. The number of ether oxygens (including phenoxy) is 4. The van der Waals surface area contributed by atoms with Crippen LogP contribution in [0.3, 0.4) is 0 Å². The second-order valence-corrected chi connectivity index (χ2v) is 8.61. The van der Waals surface area contributed by atoms with Crippen LogP contribution in [0.4, 0.5) is 4.39 Å². The molecule has 35 heavy (non-hydrogen) atoms. The molecule has 0 amide bonds. The number of hydrogen-bond acceptors (Lipinski definition) is 8. The van der Waals surface area contributed by atoms with Gasteiger partial charge in [0.1, 0.15) is 17.7 Å². The number of hydrogen-bond donors (Lipinski definition) is 0. The molecule has 0 bridgehead atoms. The number of carbonyl (C=O) groups is 3. The van der Waals surface area contributed by atoms with Gasteiger partial charge in [0, 0.05) is 37.6 Å². The van der Waals surface area contributed by atoms with Gasteiger partial charge >= 0.3 is 11.9 Å². The quantitative estimate of drug-likeness (QED) is 0.329. The van der Waals surface area contributed by atoms with Crippen LogP contribution < -0.4 is 14.2 Å². The lowest BCUT2D eigenvalue weighted by molar-refractivity contribution is -0.154. The summed E-state index contributed by atoms with van der Waals surface area (Å²) in [4.78, 5) is 41.2. The van der Waals surface area contributed by atoms with Crippen molar-refractivity contribution in [1.82, 2.24) is 4.98 Å². The molecular weight excluding hydrogens is 457 g/mol. The summed E-state index contributed by atoms with van der Waals surface area (Å²) in [5.41, 5.74) is 0.295. The molecule has 0 spiro atoms. The lowest BCUT2D eigenvalue weighted by atomic mass is 9.84. The summed E-state index contributed by atoms with van der Waals surface area (Å²) in [5.74, 6) is -3.02. The van der Waals surface area contributed by atoms with Crippen LogP contribution in [0.1, 0.15) is 63.0 Å². The second kappa shape index (κ2) is 12.3. The molecule has 2 aromatic rings. The van der Waals surface area contributed by atoms with Crippen molar-refractivity contribution in [3.8, 4) is 17.2 Å². The fourth-order valence-electron chi connectivity index (χ4n) is 3.92. The van der Waals surface area contributed by atoms with E-state index in [1.54, 1.807) is 26.0 Å². The van der Waals surface area contributed by atoms with Gasteiger partial charge in [-0.05, 0) is 24.5 Å². The zero-order valence-electron chi connectivity index (χ0n) is 21.1. The zero-order chi connectivity index (χ0) is 26.3. The van der Waals surface area contributed by atoms with Gasteiger partial charge in [-0.1, -0.05) is 26.8 Å². The largest absolute Gasteiger partial charge is 0.497 e. The van der Waals surface area contributed by atoms with Crippen molar-refractivity contribution in [1.29, 1.82) is 0 Å². The van der Waals surface area contributed by atoms with E-state index in [1.807, 2.05) is 13.8 Å². The summed E-state index contributed by atoms with van der Waals surface area (Å²) < 4.78 is 35.7. The number of Topliss-reactive ketones (excluding diaryl/α,β-unsaturated/α-hetero) is 1. The van der Waals surface area contributed by atoms with Crippen molar-refractivity contribution in [3.63, 3.8) is 0 Å². The lowest BCUT2D eigenvalue weighted by Crippen LogP contribution is -2.30. The number of halogens is 1. The molecule has 9 heteroatoms. The average molecular weight is 490 g/mol. The number of nitrogens with zero attached hydrogens (tertiary/aromatic N) is 1. The molecule has 1 heterocycles. The lowest BCUT2D eigenvalue weighted by Gasteiger charge is -2.29. The zero-order valence-corrected chi connectivity index (χ0v) is 21.1. The smallest absolute Gasteiger partial charge is 0.309 e. The summed E-state index contributed by atoms with van der Waals surface area (Å²) in [7, 11) is 2.83. The minimum Gasteiger partial charge on any atom is -0.497 e. The van der Waals surface area contributed by atoms with E-state index >= 15 is 0 Å².